The maximum Gasteiger partial charge on any atom is 0.117 e. The Kier molecular flexibility index (Phi) is 3.64. The van der Waals surface area contributed by atoms with Crippen LogP contribution >= 0.6 is 0 Å². The molecule has 2 N–H and O–H groups in total. The molecule has 1 aliphatic carbocycles. The molecule has 0 spiro atoms. The van der Waals surface area contributed by atoms with Crippen LogP contribution < -0.4 is 5.32 Å². The summed E-state index contributed by atoms with van der Waals surface area (Å²) in [5.74, 6) is 1.89. The Labute approximate surface area is 119 Å². The lowest BCUT2D eigenvalue weighted by Crippen LogP contribution is -2.28. The Bertz CT molecular complexity index is 557. The van der Waals surface area contributed by atoms with Gasteiger partial charge < -0.3 is 14.8 Å². The molecule has 3 heteroatoms. The fraction of sp³-hybridized carbons (Fsp3) is 0.412. The fourth-order valence-electron chi connectivity index (χ4n) is 2.71. The molecule has 0 aliphatic heterocycles. The molecule has 20 heavy (non-hydrogen) atoms. The molecule has 1 aromatic carbocycles. The predicted molar refractivity (Wildman–Crippen MR) is 78.2 cm³/mol. The van der Waals surface area contributed by atoms with E-state index in [4.69, 9.17) is 4.42 Å². The predicted octanol–water partition coefficient (Wildman–Crippen LogP) is 3.19. The molecule has 0 bridgehead atoms. The summed E-state index contributed by atoms with van der Waals surface area (Å²) < 4.78 is 5.54. The standard InChI is InChI=1S/C17H21NO2/c1-13-7-8-15(20-13)11-18-12-17(9-10-17)16(19)14-5-3-2-4-6-14/h2-8,16,18-19H,9-12H2,1H3. The highest BCUT2D eigenvalue weighted by atomic mass is 16.3. The van der Waals surface area contributed by atoms with Crippen molar-refractivity contribution in [1.29, 1.82) is 0 Å². The Balaban J connectivity index is 1.57. The van der Waals surface area contributed by atoms with Crippen LogP contribution in [0, 0.1) is 12.3 Å². The van der Waals surface area contributed by atoms with Crippen molar-refractivity contribution < 1.29 is 9.52 Å². The zero-order valence-corrected chi connectivity index (χ0v) is 11.8. The first-order valence-corrected chi connectivity index (χ1v) is 7.19. The van der Waals surface area contributed by atoms with Crippen molar-refractivity contribution in [3.05, 3.63) is 59.5 Å². The maximum atomic E-state index is 10.5. The number of aliphatic hydroxyl groups is 1. The van der Waals surface area contributed by atoms with Crippen LogP contribution in [-0.2, 0) is 6.54 Å². The van der Waals surface area contributed by atoms with Crippen molar-refractivity contribution in [2.45, 2.75) is 32.4 Å². The largest absolute Gasteiger partial charge is 0.465 e. The van der Waals surface area contributed by atoms with E-state index in [1.165, 1.54) is 0 Å². The van der Waals surface area contributed by atoms with Crippen molar-refractivity contribution in [1.82, 2.24) is 5.32 Å². The molecule has 0 amide bonds. The summed E-state index contributed by atoms with van der Waals surface area (Å²) in [5, 5.41) is 14.0. The van der Waals surface area contributed by atoms with Gasteiger partial charge in [-0.15, -0.1) is 0 Å². The van der Waals surface area contributed by atoms with Gasteiger partial charge in [0.1, 0.15) is 11.5 Å². The number of rotatable bonds is 6. The maximum absolute atomic E-state index is 10.5. The van der Waals surface area contributed by atoms with E-state index in [1.54, 1.807) is 0 Å². The Morgan fingerprint density at radius 3 is 2.55 bits per heavy atom. The van der Waals surface area contributed by atoms with Crippen LogP contribution in [0.1, 0.15) is 36.0 Å². The molecule has 0 radical (unpaired) electrons. The molecule has 1 saturated carbocycles. The van der Waals surface area contributed by atoms with Crippen molar-refractivity contribution in [3.8, 4) is 0 Å². The number of aliphatic hydroxyl groups excluding tert-OH is 1. The third kappa shape index (κ3) is 2.79. The second-order valence-electron chi connectivity index (χ2n) is 5.79. The van der Waals surface area contributed by atoms with Crippen molar-refractivity contribution in [2.75, 3.05) is 6.54 Å². The highest BCUT2D eigenvalue weighted by Gasteiger charge is 2.48. The molecule has 1 unspecified atom stereocenters. The van der Waals surface area contributed by atoms with Crippen LogP contribution in [0.3, 0.4) is 0 Å². The molecule has 3 nitrogen and oxygen atoms in total. The minimum atomic E-state index is -0.380. The van der Waals surface area contributed by atoms with E-state index in [2.05, 4.69) is 5.32 Å². The SMILES string of the molecule is Cc1ccc(CNCC2(C(O)c3ccccc3)CC2)o1. The lowest BCUT2D eigenvalue weighted by molar-refractivity contribution is 0.0914. The van der Waals surface area contributed by atoms with Gasteiger partial charge in [-0.2, -0.15) is 0 Å². The summed E-state index contributed by atoms with van der Waals surface area (Å²) in [6, 6.07) is 13.9. The molecule has 1 aromatic heterocycles. The topological polar surface area (TPSA) is 45.4 Å². The van der Waals surface area contributed by atoms with Gasteiger partial charge in [-0.05, 0) is 37.5 Å². The Morgan fingerprint density at radius 1 is 1.20 bits per heavy atom. The van der Waals surface area contributed by atoms with Crippen LogP contribution in [0.4, 0.5) is 0 Å². The van der Waals surface area contributed by atoms with E-state index in [-0.39, 0.29) is 11.5 Å². The molecule has 2 aromatic rings. The molecular weight excluding hydrogens is 250 g/mol. The summed E-state index contributed by atoms with van der Waals surface area (Å²) >= 11 is 0. The van der Waals surface area contributed by atoms with Crippen LogP contribution in [0.5, 0.6) is 0 Å². The monoisotopic (exact) mass is 271 g/mol. The van der Waals surface area contributed by atoms with E-state index < -0.39 is 0 Å². The summed E-state index contributed by atoms with van der Waals surface area (Å²) in [4.78, 5) is 0. The van der Waals surface area contributed by atoms with Gasteiger partial charge in [0, 0.05) is 12.0 Å². The minimum absolute atomic E-state index is 0.00297. The van der Waals surface area contributed by atoms with Crippen LogP contribution in [-0.4, -0.2) is 11.7 Å². The van der Waals surface area contributed by atoms with Gasteiger partial charge in [-0.3, -0.25) is 0 Å². The average Bonchev–Trinajstić information content (AvgIpc) is 3.15. The molecule has 106 valence electrons. The molecular formula is C17H21NO2. The van der Waals surface area contributed by atoms with Crippen LogP contribution in [0.2, 0.25) is 0 Å². The van der Waals surface area contributed by atoms with Gasteiger partial charge in [0.15, 0.2) is 0 Å². The highest BCUT2D eigenvalue weighted by molar-refractivity contribution is 5.22. The molecule has 1 atom stereocenters. The van der Waals surface area contributed by atoms with Gasteiger partial charge in [0.25, 0.3) is 0 Å². The minimum Gasteiger partial charge on any atom is -0.465 e. The second-order valence-corrected chi connectivity index (χ2v) is 5.79. The summed E-state index contributed by atoms with van der Waals surface area (Å²) in [5.41, 5.74) is 1.02. The first kappa shape index (κ1) is 13.4. The van der Waals surface area contributed by atoms with E-state index in [0.717, 1.165) is 43.0 Å². The highest BCUT2D eigenvalue weighted by Crippen LogP contribution is 2.54. The second kappa shape index (κ2) is 5.43. The number of hydrogen-bond acceptors (Lipinski definition) is 3. The fourth-order valence-corrected chi connectivity index (χ4v) is 2.71. The van der Waals surface area contributed by atoms with Crippen molar-refractivity contribution in [2.24, 2.45) is 5.41 Å². The van der Waals surface area contributed by atoms with Gasteiger partial charge >= 0.3 is 0 Å². The van der Waals surface area contributed by atoms with Crippen LogP contribution in [0.15, 0.2) is 46.9 Å². The first-order chi connectivity index (χ1) is 9.70. The third-order valence-corrected chi connectivity index (χ3v) is 4.16. The quantitative estimate of drug-likeness (QED) is 0.848. The van der Waals surface area contributed by atoms with Gasteiger partial charge in [0.05, 0.1) is 12.6 Å². The lowest BCUT2D eigenvalue weighted by Gasteiger charge is -2.23. The van der Waals surface area contributed by atoms with Crippen molar-refractivity contribution in [3.63, 3.8) is 0 Å². The summed E-state index contributed by atoms with van der Waals surface area (Å²) in [6.07, 6.45) is 1.77. The third-order valence-electron chi connectivity index (χ3n) is 4.16. The van der Waals surface area contributed by atoms with Crippen molar-refractivity contribution >= 4 is 0 Å². The Hall–Kier alpha value is -1.58. The number of benzene rings is 1. The Morgan fingerprint density at radius 2 is 1.95 bits per heavy atom. The van der Waals surface area contributed by atoms with Gasteiger partial charge in [-0.25, -0.2) is 0 Å². The van der Waals surface area contributed by atoms with Gasteiger partial charge in [-0.1, -0.05) is 30.3 Å². The average molecular weight is 271 g/mol. The summed E-state index contributed by atoms with van der Waals surface area (Å²) in [6.45, 7) is 3.49. The lowest BCUT2D eigenvalue weighted by atomic mass is 9.93. The van der Waals surface area contributed by atoms with E-state index >= 15 is 0 Å². The molecule has 0 saturated heterocycles. The number of hydrogen-bond donors (Lipinski definition) is 2. The number of aryl methyl sites for hydroxylation is 1. The molecule has 1 fully saturated rings. The van der Waals surface area contributed by atoms with Crippen LogP contribution in [0.25, 0.3) is 0 Å². The van der Waals surface area contributed by atoms with E-state index in [9.17, 15) is 5.11 Å². The zero-order valence-electron chi connectivity index (χ0n) is 11.8. The normalized spacial score (nSPS) is 17.9. The zero-order chi connectivity index (χ0) is 14.0. The molecule has 3 rings (SSSR count). The smallest absolute Gasteiger partial charge is 0.117 e. The van der Waals surface area contributed by atoms with Gasteiger partial charge in [0.2, 0.25) is 0 Å². The van der Waals surface area contributed by atoms with E-state index in [1.807, 2.05) is 49.4 Å². The molecule has 1 heterocycles. The first-order valence-electron chi connectivity index (χ1n) is 7.19. The number of nitrogens with one attached hydrogen (secondary N) is 1. The van der Waals surface area contributed by atoms with E-state index in [0.29, 0.717) is 0 Å². The summed E-state index contributed by atoms with van der Waals surface area (Å²) in [7, 11) is 0. The molecule has 1 aliphatic rings. The number of furan rings is 1.